The van der Waals surface area contributed by atoms with E-state index in [2.05, 4.69) is 21.2 Å². The van der Waals surface area contributed by atoms with Gasteiger partial charge < -0.3 is 5.32 Å². The predicted molar refractivity (Wildman–Crippen MR) is 91.3 cm³/mol. The Labute approximate surface area is 139 Å². The molecule has 0 fully saturated rings. The number of hydrogen-bond acceptors (Lipinski definition) is 3. The van der Waals surface area contributed by atoms with Crippen LogP contribution in [-0.2, 0) is 12.2 Å². The predicted octanol–water partition coefficient (Wildman–Crippen LogP) is 5.21. The van der Waals surface area contributed by atoms with Crippen molar-refractivity contribution in [2.45, 2.75) is 12.2 Å². The third-order valence-electron chi connectivity index (χ3n) is 3.05. The highest BCUT2D eigenvalue weighted by Crippen LogP contribution is 2.33. The van der Waals surface area contributed by atoms with Crippen LogP contribution in [-0.4, -0.2) is 11.7 Å². The fourth-order valence-electron chi connectivity index (χ4n) is 2.04. The molecular formula is C14H11BrClNOS2. The summed E-state index contributed by atoms with van der Waals surface area (Å²) >= 11 is 12.9. The molecule has 6 heteroatoms. The van der Waals surface area contributed by atoms with Gasteiger partial charge in [0.05, 0.1) is 20.1 Å². The molecule has 104 valence electrons. The zero-order valence-electron chi connectivity index (χ0n) is 10.4. The van der Waals surface area contributed by atoms with Crippen molar-refractivity contribution < 1.29 is 4.79 Å². The molecule has 1 aliphatic heterocycles. The first kappa shape index (κ1) is 14.4. The van der Waals surface area contributed by atoms with Crippen LogP contribution in [0.5, 0.6) is 0 Å². The van der Waals surface area contributed by atoms with Crippen molar-refractivity contribution in [1.29, 1.82) is 0 Å². The van der Waals surface area contributed by atoms with Gasteiger partial charge in [0, 0.05) is 10.6 Å². The number of carbonyl (C=O) groups is 1. The smallest absolute Gasteiger partial charge is 0.265 e. The molecular weight excluding hydrogens is 378 g/mol. The molecule has 0 unspecified atom stereocenters. The van der Waals surface area contributed by atoms with E-state index in [1.165, 1.54) is 10.4 Å². The van der Waals surface area contributed by atoms with E-state index in [9.17, 15) is 4.79 Å². The molecule has 2 heterocycles. The van der Waals surface area contributed by atoms with E-state index in [0.29, 0.717) is 15.2 Å². The number of hydrogen-bond donors (Lipinski definition) is 1. The van der Waals surface area contributed by atoms with Crippen LogP contribution in [0.1, 0.15) is 20.1 Å². The Bertz CT molecular complexity index is 648. The molecule has 2 nitrogen and oxygen atoms in total. The van der Waals surface area contributed by atoms with E-state index in [-0.39, 0.29) is 5.91 Å². The maximum atomic E-state index is 12.3. The van der Waals surface area contributed by atoms with Crippen molar-refractivity contribution in [3.8, 4) is 0 Å². The highest BCUT2D eigenvalue weighted by Gasteiger charge is 2.18. The fourth-order valence-corrected chi connectivity index (χ4v) is 4.85. The van der Waals surface area contributed by atoms with Gasteiger partial charge in [-0.05, 0) is 51.9 Å². The minimum atomic E-state index is -0.0719. The lowest BCUT2D eigenvalue weighted by atomic mass is 10.2. The number of aryl methyl sites for hydroxylation is 1. The fraction of sp³-hybridized carbons (Fsp3) is 0.214. The molecule has 1 N–H and O–H groups in total. The Balaban J connectivity index is 1.82. The van der Waals surface area contributed by atoms with Gasteiger partial charge >= 0.3 is 0 Å². The van der Waals surface area contributed by atoms with Gasteiger partial charge in [0.15, 0.2) is 0 Å². The summed E-state index contributed by atoms with van der Waals surface area (Å²) < 4.78 is 0.715. The molecule has 1 aromatic heterocycles. The van der Waals surface area contributed by atoms with Crippen LogP contribution in [0.15, 0.2) is 28.7 Å². The van der Waals surface area contributed by atoms with Crippen LogP contribution in [0.3, 0.4) is 0 Å². The first-order valence-corrected chi connectivity index (χ1v) is 9.24. The van der Waals surface area contributed by atoms with Gasteiger partial charge in [0.25, 0.3) is 5.91 Å². The molecule has 1 aromatic carbocycles. The SMILES string of the molecule is O=C(Nc1cccc(Cl)c1Br)c1cc2c(s1)CCSC2. The number of halogens is 2. The summed E-state index contributed by atoms with van der Waals surface area (Å²) in [6, 6.07) is 7.44. The number of benzene rings is 1. The van der Waals surface area contributed by atoms with Crippen LogP contribution in [0.25, 0.3) is 0 Å². The van der Waals surface area contributed by atoms with Crippen molar-refractivity contribution in [2.24, 2.45) is 0 Å². The van der Waals surface area contributed by atoms with Crippen LogP contribution in [0, 0.1) is 0 Å². The van der Waals surface area contributed by atoms with Gasteiger partial charge in [-0.15, -0.1) is 11.3 Å². The largest absolute Gasteiger partial charge is 0.320 e. The third-order valence-corrected chi connectivity index (χ3v) is 6.69. The molecule has 0 saturated carbocycles. The number of rotatable bonds is 2. The summed E-state index contributed by atoms with van der Waals surface area (Å²) in [5.74, 6) is 2.09. The molecule has 3 rings (SSSR count). The number of thioether (sulfide) groups is 1. The molecule has 0 atom stereocenters. The summed E-state index contributed by atoms with van der Waals surface area (Å²) in [5, 5.41) is 3.50. The molecule has 0 aliphatic carbocycles. The molecule has 0 bridgehead atoms. The van der Waals surface area contributed by atoms with Gasteiger partial charge in [-0.2, -0.15) is 11.8 Å². The number of anilines is 1. The van der Waals surface area contributed by atoms with E-state index < -0.39 is 0 Å². The van der Waals surface area contributed by atoms with E-state index in [4.69, 9.17) is 11.6 Å². The number of thiophene rings is 1. The Morgan fingerprint density at radius 1 is 1.40 bits per heavy atom. The monoisotopic (exact) mass is 387 g/mol. The molecule has 20 heavy (non-hydrogen) atoms. The van der Waals surface area contributed by atoms with Crippen molar-refractivity contribution in [2.75, 3.05) is 11.1 Å². The van der Waals surface area contributed by atoms with E-state index in [0.717, 1.165) is 22.8 Å². The third kappa shape index (κ3) is 2.91. The molecule has 2 aromatic rings. The standard InChI is InChI=1S/C14H11BrClNOS2/c15-13-9(16)2-1-3-10(13)17-14(18)12-6-8-7-19-5-4-11(8)20-12/h1-3,6H,4-5,7H2,(H,17,18). The lowest BCUT2D eigenvalue weighted by Gasteiger charge is -2.08. The first-order valence-electron chi connectivity index (χ1n) is 6.10. The quantitative estimate of drug-likeness (QED) is 0.765. The minimum Gasteiger partial charge on any atom is -0.320 e. The average molecular weight is 389 g/mol. The van der Waals surface area contributed by atoms with Crippen molar-refractivity contribution in [1.82, 2.24) is 0 Å². The van der Waals surface area contributed by atoms with E-state index >= 15 is 0 Å². The van der Waals surface area contributed by atoms with Crippen LogP contribution in [0.4, 0.5) is 5.69 Å². The summed E-state index contributed by atoms with van der Waals surface area (Å²) in [5.41, 5.74) is 2.00. The highest BCUT2D eigenvalue weighted by atomic mass is 79.9. The van der Waals surface area contributed by atoms with Crippen molar-refractivity contribution in [3.05, 3.63) is 49.1 Å². The Morgan fingerprint density at radius 3 is 3.05 bits per heavy atom. The lowest BCUT2D eigenvalue weighted by molar-refractivity contribution is 0.103. The average Bonchev–Trinajstić information content (AvgIpc) is 2.88. The molecule has 1 amide bonds. The Morgan fingerprint density at radius 2 is 2.25 bits per heavy atom. The second-order valence-corrected chi connectivity index (χ2v) is 7.86. The minimum absolute atomic E-state index is 0.0719. The van der Waals surface area contributed by atoms with E-state index in [1.54, 1.807) is 17.4 Å². The summed E-state index contributed by atoms with van der Waals surface area (Å²) in [6.45, 7) is 0. The van der Waals surface area contributed by atoms with Crippen molar-refractivity contribution >= 4 is 62.2 Å². The molecule has 1 aliphatic rings. The number of amides is 1. The number of carbonyl (C=O) groups excluding carboxylic acids is 1. The van der Waals surface area contributed by atoms with Gasteiger partial charge in [0.1, 0.15) is 0 Å². The normalized spacial score (nSPS) is 13.9. The van der Waals surface area contributed by atoms with Gasteiger partial charge in [-0.1, -0.05) is 17.7 Å². The van der Waals surface area contributed by atoms with Crippen LogP contribution in [0.2, 0.25) is 5.02 Å². The maximum absolute atomic E-state index is 12.3. The van der Waals surface area contributed by atoms with Crippen LogP contribution >= 0.6 is 50.6 Å². The van der Waals surface area contributed by atoms with Gasteiger partial charge in [-0.3, -0.25) is 4.79 Å². The summed E-state index contributed by atoms with van der Waals surface area (Å²) in [4.78, 5) is 14.4. The van der Waals surface area contributed by atoms with Gasteiger partial charge in [0.2, 0.25) is 0 Å². The molecule has 0 radical (unpaired) electrons. The number of nitrogens with one attached hydrogen (secondary N) is 1. The zero-order valence-corrected chi connectivity index (χ0v) is 14.4. The summed E-state index contributed by atoms with van der Waals surface area (Å²) in [7, 11) is 0. The van der Waals surface area contributed by atoms with Crippen LogP contribution < -0.4 is 5.32 Å². The molecule has 0 spiro atoms. The first-order chi connectivity index (χ1) is 9.65. The van der Waals surface area contributed by atoms with Crippen molar-refractivity contribution in [3.63, 3.8) is 0 Å². The summed E-state index contributed by atoms with van der Waals surface area (Å²) in [6.07, 6.45) is 1.07. The Kier molecular flexibility index (Phi) is 4.40. The zero-order chi connectivity index (χ0) is 14.1. The second-order valence-electron chi connectivity index (χ2n) is 4.42. The Hall–Kier alpha value is -0.490. The number of fused-ring (bicyclic) bond motifs is 1. The highest BCUT2D eigenvalue weighted by molar-refractivity contribution is 9.10. The second kappa shape index (κ2) is 6.10. The lowest BCUT2D eigenvalue weighted by Crippen LogP contribution is -2.10. The maximum Gasteiger partial charge on any atom is 0.265 e. The van der Waals surface area contributed by atoms with E-state index in [1.807, 2.05) is 30.0 Å². The topological polar surface area (TPSA) is 29.1 Å². The van der Waals surface area contributed by atoms with Gasteiger partial charge in [-0.25, -0.2) is 0 Å². The molecule has 0 saturated heterocycles.